The van der Waals surface area contributed by atoms with Crippen molar-refractivity contribution in [3.05, 3.63) is 33.9 Å². The molecule has 7 nitrogen and oxygen atoms in total. The molecule has 168 valence electrons. The molecule has 1 N–H and O–H groups in total. The number of piperazine rings is 1. The third-order valence-corrected chi connectivity index (χ3v) is 8.28. The first kappa shape index (κ1) is 20.7. The zero-order valence-corrected chi connectivity index (χ0v) is 18.9. The lowest BCUT2D eigenvalue weighted by Crippen LogP contribution is -2.65. The largest absolute Gasteiger partial charge is 0.363 e. The molecule has 0 unspecified atom stereocenters. The second kappa shape index (κ2) is 6.92. The summed E-state index contributed by atoms with van der Waals surface area (Å²) in [5.74, 6) is 0.516. The van der Waals surface area contributed by atoms with Crippen molar-refractivity contribution >= 4 is 17.3 Å². The summed E-state index contributed by atoms with van der Waals surface area (Å²) >= 11 is 0. The van der Waals surface area contributed by atoms with E-state index in [9.17, 15) is 14.9 Å². The van der Waals surface area contributed by atoms with Crippen LogP contribution >= 0.6 is 0 Å². The van der Waals surface area contributed by atoms with Crippen molar-refractivity contribution in [1.29, 1.82) is 0 Å². The van der Waals surface area contributed by atoms with E-state index in [1.807, 2.05) is 0 Å². The molecule has 4 saturated carbocycles. The minimum absolute atomic E-state index is 0.0293. The van der Waals surface area contributed by atoms with E-state index in [-0.39, 0.29) is 22.1 Å². The van der Waals surface area contributed by atoms with E-state index in [4.69, 9.17) is 0 Å². The highest BCUT2D eigenvalue weighted by atomic mass is 16.6. The fraction of sp³-hybridized carbons (Fsp3) is 0.708. The van der Waals surface area contributed by atoms with Gasteiger partial charge in [0.25, 0.3) is 11.6 Å². The topological polar surface area (TPSA) is 78.7 Å². The average molecular weight is 427 g/mol. The molecule has 7 heteroatoms. The molecule has 6 rings (SSSR count). The Kier molecular flexibility index (Phi) is 4.63. The van der Waals surface area contributed by atoms with Gasteiger partial charge in [0.05, 0.1) is 4.92 Å². The van der Waals surface area contributed by atoms with Crippen LogP contribution in [0.3, 0.4) is 0 Å². The first-order valence-electron chi connectivity index (χ1n) is 11.6. The normalized spacial score (nSPS) is 37.1. The highest BCUT2D eigenvalue weighted by Crippen LogP contribution is 2.66. The van der Waals surface area contributed by atoms with Gasteiger partial charge in [-0.3, -0.25) is 14.9 Å². The van der Waals surface area contributed by atoms with E-state index in [2.05, 4.69) is 36.0 Å². The average Bonchev–Trinajstić information content (AvgIpc) is 2.65. The first-order chi connectivity index (χ1) is 14.6. The molecule has 5 aliphatic rings. The van der Waals surface area contributed by atoms with Crippen LogP contribution in [0.4, 0.5) is 11.4 Å². The van der Waals surface area contributed by atoms with Crippen molar-refractivity contribution in [2.75, 3.05) is 38.1 Å². The summed E-state index contributed by atoms with van der Waals surface area (Å²) < 4.78 is 0. The minimum Gasteiger partial charge on any atom is -0.363 e. The number of anilines is 1. The maximum absolute atomic E-state index is 13.3. The van der Waals surface area contributed by atoms with Crippen LogP contribution < -0.4 is 10.2 Å². The number of hydrogen-bond donors (Lipinski definition) is 1. The lowest BCUT2D eigenvalue weighted by molar-refractivity contribution is -0.384. The van der Waals surface area contributed by atoms with E-state index >= 15 is 0 Å². The number of likely N-dealkylation sites (N-methyl/N-ethyl adjacent to an activating group) is 1. The van der Waals surface area contributed by atoms with Crippen LogP contribution in [-0.2, 0) is 0 Å². The number of carbonyl (C=O) groups is 1. The summed E-state index contributed by atoms with van der Waals surface area (Å²) in [6, 6.07) is 5.01. The highest BCUT2D eigenvalue weighted by molar-refractivity contribution is 5.96. The lowest BCUT2D eigenvalue weighted by atomic mass is 9.43. The van der Waals surface area contributed by atoms with Crippen LogP contribution in [0.5, 0.6) is 0 Å². The van der Waals surface area contributed by atoms with Crippen molar-refractivity contribution in [2.45, 2.75) is 57.9 Å². The number of amides is 1. The zero-order chi connectivity index (χ0) is 22.0. The fourth-order valence-electron chi connectivity index (χ4n) is 8.03. The Balaban J connectivity index is 1.39. The second-order valence-electron chi connectivity index (χ2n) is 11.6. The molecule has 1 saturated heterocycles. The fourth-order valence-corrected chi connectivity index (χ4v) is 8.03. The molecule has 2 atom stereocenters. The van der Waals surface area contributed by atoms with Gasteiger partial charge in [0.1, 0.15) is 5.69 Å². The number of nitrogens with zero attached hydrogens (tertiary/aromatic N) is 3. The van der Waals surface area contributed by atoms with Crippen LogP contribution in [-0.4, -0.2) is 54.5 Å². The first-order valence-corrected chi connectivity index (χ1v) is 11.6. The standard InChI is InChI=1S/C24H34N4O3/c1-22-11-17-12-23(2,14-22)16-24(13-17,15-22)25-21(29)18-4-5-19(20(10-18)28(30)31)27-8-6-26(3)7-9-27/h4-5,10,17H,6-9,11-16H2,1-3H3,(H,25,29)/t17?,22-,23-,24?/m1/s1. The maximum atomic E-state index is 13.3. The second-order valence-corrected chi connectivity index (χ2v) is 11.6. The van der Waals surface area contributed by atoms with E-state index in [1.54, 1.807) is 12.1 Å². The van der Waals surface area contributed by atoms with E-state index < -0.39 is 0 Å². The number of rotatable bonds is 4. The maximum Gasteiger partial charge on any atom is 0.293 e. The molecule has 1 amide bonds. The Labute approximate surface area is 184 Å². The van der Waals surface area contributed by atoms with Gasteiger partial charge in [-0.1, -0.05) is 13.8 Å². The summed E-state index contributed by atoms with van der Waals surface area (Å²) in [6.45, 7) is 8.02. The predicted octanol–water partition coefficient (Wildman–Crippen LogP) is 3.83. The van der Waals surface area contributed by atoms with Crippen LogP contribution in [0, 0.1) is 26.9 Å². The molecule has 0 radical (unpaired) electrons. The molecule has 31 heavy (non-hydrogen) atoms. The van der Waals surface area contributed by atoms with Gasteiger partial charge in [0, 0.05) is 43.3 Å². The monoisotopic (exact) mass is 426 g/mol. The van der Waals surface area contributed by atoms with Crippen molar-refractivity contribution < 1.29 is 9.72 Å². The van der Waals surface area contributed by atoms with E-state index in [1.165, 1.54) is 25.3 Å². The third-order valence-electron chi connectivity index (χ3n) is 8.28. The number of carbonyl (C=O) groups excluding carboxylic acids is 1. The van der Waals surface area contributed by atoms with Gasteiger partial charge in [-0.25, -0.2) is 0 Å². The van der Waals surface area contributed by atoms with Gasteiger partial charge in [-0.05, 0) is 74.5 Å². The van der Waals surface area contributed by atoms with Crippen molar-refractivity contribution in [3.63, 3.8) is 0 Å². The van der Waals surface area contributed by atoms with Gasteiger partial charge in [0.15, 0.2) is 0 Å². The highest BCUT2D eigenvalue weighted by Gasteiger charge is 2.60. The summed E-state index contributed by atoms with van der Waals surface area (Å²) in [6.07, 6.45) is 6.89. The van der Waals surface area contributed by atoms with Crippen LogP contribution in [0.2, 0.25) is 0 Å². The molecule has 0 aromatic heterocycles. The SMILES string of the molecule is CN1CCN(c2ccc(C(=O)NC34CC5C[C@@](C)(C3)C[C@@](C)(C5)C4)cc2[N+](=O)[O-])CC1. The van der Waals surface area contributed by atoms with E-state index in [0.29, 0.717) is 28.0 Å². The van der Waals surface area contributed by atoms with E-state index in [0.717, 1.165) is 45.4 Å². The van der Waals surface area contributed by atoms with Gasteiger partial charge in [-0.2, -0.15) is 0 Å². The molecule has 1 aromatic carbocycles. The molecule has 4 bridgehead atoms. The Morgan fingerprint density at radius 3 is 2.29 bits per heavy atom. The van der Waals surface area contributed by atoms with Crippen LogP contribution in [0.25, 0.3) is 0 Å². The molecule has 1 aromatic rings. The number of benzene rings is 1. The minimum atomic E-state index is -0.350. The Morgan fingerprint density at radius 1 is 1.06 bits per heavy atom. The van der Waals surface area contributed by atoms with Crippen molar-refractivity contribution in [2.24, 2.45) is 16.7 Å². The molecule has 5 fully saturated rings. The van der Waals surface area contributed by atoms with Gasteiger partial charge >= 0.3 is 0 Å². The number of nitro groups is 1. The molecule has 1 aliphatic heterocycles. The summed E-state index contributed by atoms with van der Waals surface area (Å²) in [4.78, 5) is 29.0. The Bertz CT molecular complexity index is 905. The molecule has 4 aliphatic carbocycles. The van der Waals surface area contributed by atoms with Gasteiger partial charge in [0.2, 0.25) is 0 Å². The molecular weight excluding hydrogens is 392 g/mol. The lowest BCUT2D eigenvalue weighted by Gasteiger charge is -2.65. The summed E-state index contributed by atoms with van der Waals surface area (Å²) in [5, 5.41) is 15.2. The number of nitrogens with one attached hydrogen (secondary N) is 1. The van der Waals surface area contributed by atoms with Gasteiger partial charge < -0.3 is 15.1 Å². The molecular formula is C24H34N4O3. The quantitative estimate of drug-likeness (QED) is 0.585. The Morgan fingerprint density at radius 2 is 1.71 bits per heavy atom. The van der Waals surface area contributed by atoms with Gasteiger partial charge in [-0.15, -0.1) is 0 Å². The smallest absolute Gasteiger partial charge is 0.293 e. The zero-order valence-electron chi connectivity index (χ0n) is 18.9. The van der Waals surface area contributed by atoms with Crippen molar-refractivity contribution in [3.8, 4) is 0 Å². The van der Waals surface area contributed by atoms with Crippen molar-refractivity contribution in [1.82, 2.24) is 10.2 Å². The van der Waals surface area contributed by atoms with Crippen LogP contribution in [0.1, 0.15) is 62.7 Å². The molecule has 0 spiro atoms. The summed E-state index contributed by atoms with van der Waals surface area (Å²) in [5.41, 5.74) is 1.49. The molecule has 1 heterocycles. The Hall–Kier alpha value is -2.15. The van der Waals surface area contributed by atoms with Crippen LogP contribution in [0.15, 0.2) is 18.2 Å². The number of hydrogen-bond acceptors (Lipinski definition) is 5. The predicted molar refractivity (Wildman–Crippen MR) is 120 cm³/mol. The third kappa shape index (κ3) is 3.71. The number of nitro benzene ring substituents is 1. The summed E-state index contributed by atoms with van der Waals surface area (Å²) in [7, 11) is 2.06.